The predicted molar refractivity (Wildman–Crippen MR) is 266 cm³/mol. The Kier molecular flexibility index (Phi) is 44.8. The molecule has 1 amide bonds. The Morgan fingerprint density at radius 3 is 1.21 bits per heavy atom. The molecule has 8 nitrogen and oxygen atoms in total. The molecule has 0 fully saturated rings. The van der Waals surface area contributed by atoms with Gasteiger partial charge in [-0.25, -0.2) is 0 Å². The lowest BCUT2D eigenvalue weighted by molar-refractivity contribution is -0.870. The number of carbonyl (C=O) groups is 1. The molecule has 0 saturated heterocycles. The van der Waals surface area contributed by atoms with Gasteiger partial charge in [-0.3, -0.25) is 9.36 Å². The topological polar surface area (TPSA) is 108 Å². The number of likely N-dealkylation sites (N-methyl/N-ethyl adjacent to an activating group) is 1. The fourth-order valence-electron chi connectivity index (χ4n) is 8.21. The number of allylic oxidation sites excluding steroid dienone is 1. The minimum Gasteiger partial charge on any atom is -0.756 e. The van der Waals surface area contributed by atoms with Crippen LogP contribution in [0.5, 0.6) is 0 Å². The molecule has 0 aliphatic carbocycles. The highest BCUT2D eigenvalue weighted by Gasteiger charge is 2.23. The van der Waals surface area contributed by atoms with Crippen molar-refractivity contribution in [3.63, 3.8) is 0 Å². The quantitative estimate of drug-likeness (QED) is 0.0272. The summed E-state index contributed by atoms with van der Waals surface area (Å²) in [7, 11) is 1.28. The molecule has 62 heavy (non-hydrogen) atoms. The van der Waals surface area contributed by atoms with Gasteiger partial charge in [0.2, 0.25) is 5.91 Å². The molecule has 0 heterocycles. The Morgan fingerprint density at radius 2 is 0.871 bits per heavy atom. The Balaban J connectivity index is 4.22. The summed E-state index contributed by atoms with van der Waals surface area (Å²) < 4.78 is 23.3. The summed E-state index contributed by atoms with van der Waals surface area (Å²) in [4.78, 5) is 25.4. The van der Waals surface area contributed by atoms with Crippen molar-refractivity contribution >= 4 is 13.7 Å². The van der Waals surface area contributed by atoms with E-state index in [4.69, 9.17) is 9.05 Å². The van der Waals surface area contributed by atoms with Crippen LogP contribution >= 0.6 is 7.82 Å². The number of aliphatic hydroxyl groups is 1. The fraction of sp³-hybridized carbons (Fsp3) is 0.943. The molecule has 0 aliphatic heterocycles. The molecular weight excluding hydrogens is 792 g/mol. The summed E-state index contributed by atoms with van der Waals surface area (Å²) in [6.45, 7) is 4.69. The minimum atomic E-state index is -4.59. The van der Waals surface area contributed by atoms with E-state index in [0.717, 1.165) is 38.5 Å². The van der Waals surface area contributed by atoms with Gasteiger partial charge in [0.05, 0.1) is 39.9 Å². The van der Waals surface area contributed by atoms with Gasteiger partial charge in [-0.1, -0.05) is 257 Å². The molecule has 9 heteroatoms. The number of nitrogens with zero attached hydrogens (tertiary/aromatic N) is 1. The van der Waals surface area contributed by atoms with Crippen LogP contribution in [0, 0.1) is 0 Å². The maximum atomic E-state index is 12.9. The lowest BCUT2D eigenvalue weighted by Gasteiger charge is -2.29. The van der Waals surface area contributed by atoms with Crippen molar-refractivity contribution in [3.05, 3.63) is 12.2 Å². The summed E-state index contributed by atoms with van der Waals surface area (Å²) in [5.74, 6) is -0.192. The summed E-state index contributed by atoms with van der Waals surface area (Å²) >= 11 is 0. The van der Waals surface area contributed by atoms with E-state index in [1.807, 2.05) is 27.2 Å². The molecule has 0 saturated carbocycles. The van der Waals surface area contributed by atoms with Crippen LogP contribution < -0.4 is 10.2 Å². The van der Waals surface area contributed by atoms with Crippen LogP contribution in [0.1, 0.15) is 271 Å². The van der Waals surface area contributed by atoms with Crippen molar-refractivity contribution in [3.8, 4) is 0 Å². The summed E-state index contributed by atoms with van der Waals surface area (Å²) in [5.41, 5.74) is 0. The highest BCUT2D eigenvalue weighted by Crippen LogP contribution is 2.38. The second kappa shape index (κ2) is 45.4. The van der Waals surface area contributed by atoms with E-state index in [1.54, 1.807) is 6.08 Å². The van der Waals surface area contributed by atoms with Gasteiger partial charge >= 0.3 is 0 Å². The first-order valence-electron chi connectivity index (χ1n) is 27.1. The van der Waals surface area contributed by atoms with Crippen molar-refractivity contribution in [2.45, 2.75) is 283 Å². The van der Waals surface area contributed by atoms with Crippen LogP contribution in [0.4, 0.5) is 0 Å². The second-order valence-electron chi connectivity index (χ2n) is 19.9. The molecule has 3 unspecified atom stereocenters. The maximum Gasteiger partial charge on any atom is 0.268 e. The van der Waals surface area contributed by atoms with Crippen molar-refractivity contribution in [1.82, 2.24) is 5.32 Å². The molecule has 2 N–H and O–H groups in total. The first kappa shape index (κ1) is 61.2. The second-order valence-corrected chi connectivity index (χ2v) is 21.4. The highest BCUT2D eigenvalue weighted by atomic mass is 31.2. The molecular formula is C53H107N2O6P. The Morgan fingerprint density at radius 1 is 0.548 bits per heavy atom. The van der Waals surface area contributed by atoms with Crippen molar-refractivity contribution in [2.75, 3.05) is 40.9 Å². The maximum absolute atomic E-state index is 12.9. The molecule has 0 bridgehead atoms. The number of aliphatic hydroxyl groups excluding tert-OH is 1. The highest BCUT2D eigenvalue weighted by molar-refractivity contribution is 7.45. The Bertz CT molecular complexity index is 1020. The van der Waals surface area contributed by atoms with Gasteiger partial charge < -0.3 is 28.8 Å². The molecule has 0 rings (SSSR count). The first-order valence-corrected chi connectivity index (χ1v) is 28.5. The van der Waals surface area contributed by atoms with E-state index in [1.165, 1.54) is 212 Å². The molecule has 0 spiro atoms. The summed E-state index contributed by atoms with van der Waals surface area (Å²) in [5, 5.41) is 13.9. The number of nitrogens with one attached hydrogen (secondary N) is 1. The molecule has 0 aromatic rings. The van der Waals surface area contributed by atoms with Crippen LogP contribution in [0.2, 0.25) is 0 Å². The van der Waals surface area contributed by atoms with Crippen LogP contribution in [0.3, 0.4) is 0 Å². The Labute approximate surface area is 386 Å². The molecule has 3 atom stereocenters. The number of hydrogen-bond acceptors (Lipinski definition) is 6. The van der Waals surface area contributed by atoms with Crippen LogP contribution in [0.15, 0.2) is 12.2 Å². The van der Waals surface area contributed by atoms with Crippen LogP contribution in [0.25, 0.3) is 0 Å². The number of amides is 1. The third-order valence-corrected chi connectivity index (χ3v) is 13.5. The van der Waals surface area contributed by atoms with E-state index in [0.29, 0.717) is 17.4 Å². The third-order valence-electron chi connectivity index (χ3n) is 12.5. The van der Waals surface area contributed by atoms with Crippen molar-refractivity contribution in [1.29, 1.82) is 0 Å². The minimum absolute atomic E-state index is 0.00253. The van der Waals surface area contributed by atoms with Crippen LogP contribution in [-0.4, -0.2) is 68.5 Å². The lowest BCUT2D eigenvalue weighted by atomic mass is 10.0. The van der Waals surface area contributed by atoms with Gasteiger partial charge in [0, 0.05) is 6.42 Å². The summed E-state index contributed by atoms with van der Waals surface area (Å²) in [6.07, 6.45) is 54.2. The van der Waals surface area contributed by atoms with E-state index in [9.17, 15) is 19.4 Å². The molecule has 0 aromatic heterocycles. The number of hydrogen-bond donors (Lipinski definition) is 2. The van der Waals surface area contributed by atoms with Gasteiger partial charge in [0.1, 0.15) is 13.2 Å². The van der Waals surface area contributed by atoms with Gasteiger partial charge in [0.15, 0.2) is 0 Å². The smallest absolute Gasteiger partial charge is 0.268 e. The van der Waals surface area contributed by atoms with Crippen molar-refractivity contribution in [2.24, 2.45) is 0 Å². The predicted octanol–water partition coefficient (Wildman–Crippen LogP) is 15.2. The number of quaternary nitrogens is 1. The van der Waals surface area contributed by atoms with Gasteiger partial charge in [-0.05, 0) is 19.3 Å². The number of carbonyl (C=O) groups excluding carboxylic acids is 1. The van der Waals surface area contributed by atoms with E-state index in [2.05, 4.69) is 19.2 Å². The van der Waals surface area contributed by atoms with E-state index >= 15 is 0 Å². The zero-order valence-corrected chi connectivity index (χ0v) is 43.0. The van der Waals surface area contributed by atoms with Gasteiger partial charge in [-0.15, -0.1) is 0 Å². The van der Waals surface area contributed by atoms with Crippen LogP contribution in [-0.2, 0) is 18.4 Å². The summed E-state index contributed by atoms with van der Waals surface area (Å²) in [6, 6.07) is -0.881. The number of phosphoric ester groups is 1. The Hall–Kier alpha value is -0.760. The first-order chi connectivity index (χ1) is 30.0. The molecule has 0 aromatic carbocycles. The average molecular weight is 899 g/mol. The normalized spacial score (nSPS) is 14.1. The lowest BCUT2D eigenvalue weighted by Crippen LogP contribution is -2.45. The monoisotopic (exact) mass is 899 g/mol. The standard InChI is InChI=1S/C53H107N2O6P/c1-6-8-10-12-14-16-18-20-22-24-25-26-27-28-29-30-31-32-34-36-38-40-42-44-46-52(56)51(50-61-62(58,59)60-49-48-55(3,4)5)54-53(57)47-45-43-41-39-37-35-33-23-21-19-17-15-13-11-9-7-2/h44,46,51-52,56H,6-43,45,47-50H2,1-5H3,(H-,54,57,58,59)/b46-44+. The molecule has 0 aliphatic rings. The van der Waals surface area contributed by atoms with Gasteiger partial charge in [0.25, 0.3) is 7.82 Å². The molecule has 370 valence electrons. The third kappa shape index (κ3) is 47.2. The van der Waals surface area contributed by atoms with E-state index < -0.39 is 20.0 Å². The zero-order valence-electron chi connectivity index (χ0n) is 42.1. The fourth-order valence-corrected chi connectivity index (χ4v) is 8.94. The SMILES string of the molecule is CCCCCCCCCCCCCCCCCCCCCCCC/C=C/C(O)C(COP(=O)([O-])OCC[N+](C)(C)C)NC(=O)CCCCCCCCCCCCCCCCCC. The molecule has 0 radical (unpaired) electrons. The van der Waals surface area contributed by atoms with Gasteiger partial charge in [-0.2, -0.15) is 0 Å². The number of unbranched alkanes of at least 4 members (excludes halogenated alkanes) is 37. The largest absolute Gasteiger partial charge is 0.756 e. The number of rotatable bonds is 50. The zero-order chi connectivity index (χ0) is 45.7. The number of phosphoric acid groups is 1. The van der Waals surface area contributed by atoms with Crippen molar-refractivity contribution < 1.29 is 32.9 Å². The van der Waals surface area contributed by atoms with E-state index in [-0.39, 0.29) is 19.1 Å². The average Bonchev–Trinajstić information content (AvgIpc) is 3.23.